The molecule has 1 N–H and O–H groups in total. The topological polar surface area (TPSA) is 56.3 Å². The molecular weight excluding hydrogens is 304 g/mol. The minimum Gasteiger partial charge on any atom is -0.493 e. The number of halogens is 3. The molecule has 8 heteroatoms. The molecule has 0 fully saturated rings. The molecule has 1 heterocycles. The largest absolute Gasteiger partial charge is 0.493 e. The van der Waals surface area contributed by atoms with Crippen LogP contribution < -0.4 is 14.8 Å². The number of methoxy groups -OCH3 is 1. The van der Waals surface area contributed by atoms with Gasteiger partial charge in [-0.3, -0.25) is 0 Å². The zero-order valence-corrected chi connectivity index (χ0v) is 12.4. The van der Waals surface area contributed by atoms with Crippen molar-refractivity contribution >= 4 is 28.3 Å². The first-order chi connectivity index (χ1) is 9.90. The summed E-state index contributed by atoms with van der Waals surface area (Å²) in [6.07, 6.45) is 0. The smallest absolute Gasteiger partial charge is 0.387 e. The highest BCUT2D eigenvalue weighted by Crippen LogP contribution is 2.35. The zero-order chi connectivity index (χ0) is 15.6. The predicted octanol–water partition coefficient (Wildman–Crippen LogP) is 3.71. The van der Waals surface area contributed by atoms with Crippen LogP contribution in [0.4, 0.5) is 14.6 Å². The molecule has 1 aromatic carbocycles. The molecule has 114 valence electrons. The summed E-state index contributed by atoms with van der Waals surface area (Å²) in [5.41, 5.74) is 0.469. The van der Waals surface area contributed by atoms with Crippen molar-refractivity contribution in [3.05, 3.63) is 17.4 Å². The standard InChI is InChI=1S/C13H14ClF2N3O2/c1-6(2)17-11-7-4-10(21-13(15)16)9(20-3)5-8(7)18-12(14)19-11/h4-6,13H,1-3H3,(H,17,18,19). The zero-order valence-electron chi connectivity index (χ0n) is 11.7. The van der Waals surface area contributed by atoms with Gasteiger partial charge in [-0.05, 0) is 31.5 Å². The number of fused-ring (bicyclic) bond motifs is 1. The lowest BCUT2D eigenvalue weighted by atomic mass is 10.2. The van der Waals surface area contributed by atoms with Gasteiger partial charge in [-0.25, -0.2) is 9.97 Å². The van der Waals surface area contributed by atoms with E-state index in [2.05, 4.69) is 20.0 Å². The molecule has 5 nitrogen and oxygen atoms in total. The van der Waals surface area contributed by atoms with Crippen LogP contribution in [0, 0.1) is 0 Å². The van der Waals surface area contributed by atoms with Gasteiger partial charge in [0.1, 0.15) is 5.82 Å². The molecule has 0 amide bonds. The van der Waals surface area contributed by atoms with Gasteiger partial charge in [-0.1, -0.05) is 0 Å². The van der Waals surface area contributed by atoms with Crippen molar-refractivity contribution in [2.45, 2.75) is 26.5 Å². The molecule has 0 bridgehead atoms. The van der Waals surface area contributed by atoms with E-state index in [1.165, 1.54) is 19.2 Å². The van der Waals surface area contributed by atoms with Crippen molar-refractivity contribution in [3.63, 3.8) is 0 Å². The minimum atomic E-state index is -2.95. The number of nitrogens with one attached hydrogen (secondary N) is 1. The summed E-state index contributed by atoms with van der Waals surface area (Å²) in [5, 5.41) is 3.66. The number of alkyl halides is 2. The van der Waals surface area contributed by atoms with Crippen LogP contribution in [0.1, 0.15) is 13.8 Å². The molecule has 0 spiro atoms. The monoisotopic (exact) mass is 317 g/mol. The average molecular weight is 318 g/mol. The Bertz CT molecular complexity index is 653. The summed E-state index contributed by atoms with van der Waals surface area (Å²) in [6.45, 7) is 0.884. The molecule has 2 aromatic rings. The Labute approximate surface area is 125 Å². The second kappa shape index (κ2) is 6.26. The van der Waals surface area contributed by atoms with E-state index in [0.717, 1.165) is 0 Å². The highest BCUT2D eigenvalue weighted by atomic mass is 35.5. The summed E-state index contributed by atoms with van der Waals surface area (Å²) in [7, 11) is 1.36. The molecule has 0 aliphatic heterocycles. The molecule has 0 aliphatic carbocycles. The van der Waals surface area contributed by atoms with Gasteiger partial charge in [0.15, 0.2) is 11.5 Å². The van der Waals surface area contributed by atoms with E-state index < -0.39 is 6.61 Å². The predicted molar refractivity (Wildman–Crippen MR) is 76.5 cm³/mol. The molecular formula is C13H14ClF2N3O2. The fourth-order valence-corrected chi connectivity index (χ4v) is 2.01. The van der Waals surface area contributed by atoms with Gasteiger partial charge in [-0.2, -0.15) is 8.78 Å². The van der Waals surface area contributed by atoms with Gasteiger partial charge in [0.05, 0.1) is 12.6 Å². The number of nitrogens with zero attached hydrogens (tertiary/aromatic N) is 2. The van der Waals surface area contributed by atoms with E-state index in [1.54, 1.807) is 0 Å². The van der Waals surface area contributed by atoms with Crippen LogP contribution in [0.5, 0.6) is 11.5 Å². The summed E-state index contributed by atoms with van der Waals surface area (Å²) >= 11 is 5.87. The molecule has 0 saturated carbocycles. The fourth-order valence-electron chi connectivity index (χ4n) is 1.84. The Hall–Kier alpha value is -1.89. The molecule has 21 heavy (non-hydrogen) atoms. The van der Waals surface area contributed by atoms with Crippen molar-refractivity contribution in [2.75, 3.05) is 12.4 Å². The Morgan fingerprint density at radius 2 is 1.90 bits per heavy atom. The van der Waals surface area contributed by atoms with Crippen molar-refractivity contribution in [2.24, 2.45) is 0 Å². The molecule has 0 saturated heterocycles. The first-order valence-electron chi connectivity index (χ1n) is 6.17. The lowest BCUT2D eigenvalue weighted by Crippen LogP contribution is -2.12. The number of hydrogen-bond acceptors (Lipinski definition) is 5. The first-order valence-corrected chi connectivity index (χ1v) is 6.55. The van der Waals surface area contributed by atoms with Crippen molar-refractivity contribution in [1.82, 2.24) is 9.97 Å². The maximum absolute atomic E-state index is 12.5. The number of benzene rings is 1. The van der Waals surface area contributed by atoms with Gasteiger partial charge >= 0.3 is 6.61 Å². The number of hydrogen-bond donors (Lipinski definition) is 1. The van der Waals surface area contributed by atoms with Crippen molar-refractivity contribution in [1.29, 1.82) is 0 Å². The quantitative estimate of drug-likeness (QED) is 0.852. The Kier molecular flexibility index (Phi) is 4.62. The third-order valence-electron chi connectivity index (χ3n) is 2.60. The van der Waals surface area contributed by atoms with Gasteiger partial charge in [0.25, 0.3) is 0 Å². The summed E-state index contributed by atoms with van der Waals surface area (Å²) < 4.78 is 34.4. The number of ether oxygens (including phenoxy) is 2. The lowest BCUT2D eigenvalue weighted by molar-refractivity contribution is -0.0511. The fraction of sp³-hybridized carbons (Fsp3) is 0.385. The normalized spacial score (nSPS) is 11.2. The summed E-state index contributed by atoms with van der Waals surface area (Å²) in [4.78, 5) is 8.14. The minimum absolute atomic E-state index is 0.0511. The van der Waals surface area contributed by atoms with E-state index in [0.29, 0.717) is 16.7 Å². The van der Waals surface area contributed by atoms with Gasteiger partial charge < -0.3 is 14.8 Å². The highest BCUT2D eigenvalue weighted by Gasteiger charge is 2.16. The van der Waals surface area contributed by atoms with Crippen LogP contribution in [0.2, 0.25) is 5.28 Å². The second-order valence-electron chi connectivity index (χ2n) is 4.54. The van der Waals surface area contributed by atoms with E-state index in [-0.39, 0.29) is 22.8 Å². The highest BCUT2D eigenvalue weighted by molar-refractivity contribution is 6.28. The van der Waals surface area contributed by atoms with Crippen LogP contribution in [-0.2, 0) is 0 Å². The molecule has 0 atom stereocenters. The number of aromatic nitrogens is 2. The third kappa shape index (κ3) is 3.60. The maximum Gasteiger partial charge on any atom is 0.387 e. The summed E-state index contributed by atoms with van der Waals surface area (Å²) in [5.74, 6) is 0.507. The maximum atomic E-state index is 12.5. The molecule has 0 unspecified atom stereocenters. The van der Waals surface area contributed by atoms with E-state index in [9.17, 15) is 8.78 Å². The Morgan fingerprint density at radius 3 is 2.48 bits per heavy atom. The number of anilines is 1. The van der Waals surface area contributed by atoms with Gasteiger partial charge in [0, 0.05) is 17.5 Å². The van der Waals surface area contributed by atoms with E-state index in [1.807, 2.05) is 13.8 Å². The Morgan fingerprint density at radius 1 is 1.19 bits per heavy atom. The summed E-state index contributed by atoms with van der Waals surface area (Å²) in [6, 6.07) is 2.97. The second-order valence-corrected chi connectivity index (χ2v) is 4.88. The molecule has 0 aliphatic rings. The number of rotatable bonds is 5. The Balaban J connectivity index is 2.63. The SMILES string of the molecule is COc1cc2nc(Cl)nc(NC(C)C)c2cc1OC(F)F. The third-order valence-corrected chi connectivity index (χ3v) is 2.76. The molecule has 2 rings (SSSR count). The molecule has 1 aromatic heterocycles. The van der Waals surface area contributed by atoms with Crippen LogP contribution in [-0.4, -0.2) is 29.7 Å². The first kappa shape index (κ1) is 15.5. The van der Waals surface area contributed by atoms with Crippen LogP contribution >= 0.6 is 11.6 Å². The van der Waals surface area contributed by atoms with Gasteiger partial charge in [-0.15, -0.1) is 0 Å². The van der Waals surface area contributed by atoms with Crippen molar-refractivity contribution in [3.8, 4) is 11.5 Å². The van der Waals surface area contributed by atoms with Crippen LogP contribution in [0.15, 0.2) is 12.1 Å². The average Bonchev–Trinajstić information content (AvgIpc) is 2.37. The van der Waals surface area contributed by atoms with Crippen LogP contribution in [0.25, 0.3) is 10.9 Å². The van der Waals surface area contributed by atoms with Crippen LogP contribution in [0.3, 0.4) is 0 Å². The van der Waals surface area contributed by atoms with Gasteiger partial charge in [0.2, 0.25) is 5.28 Å². The molecule has 0 radical (unpaired) electrons. The van der Waals surface area contributed by atoms with E-state index in [4.69, 9.17) is 16.3 Å². The van der Waals surface area contributed by atoms with Crippen molar-refractivity contribution < 1.29 is 18.3 Å². The van der Waals surface area contributed by atoms with E-state index >= 15 is 0 Å². The lowest BCUT2D eigenvalue weighted by Gasteiger charge is -2.15.